The molecule has 146 valence electrons. The Morgan fingerprint density at radius 3 is 3.07 bits per heavy atom. The molecular formula is C19H26FN5OS. The summed E-state index contributed by atoms with van der Waals surface area (Å²) in [5, 5.41) is 12.0. The lowest BCUT2D eigenvalue weighted by Crippen LogP contribution is -2.51. The fourth-order valence-electron chi connectivity index (χ4n) is 3.95. The van der Waals surface area contributed by atoms with Crippen molar-refractivity contribution in [1.29, 1.82) is 0 Å². The minimum absolute atomic E-state index is 0.112. The summed E-state index contributed by atoms with van der Waals surface area (Å²) in [4.78, 5) is 16.3. The van der Waals surface area contributed by atoms with E-state index in [-0.39, 0.29) is 17.0 Å². The molecule has 2 aromatic rings. The molecule has 3 heterocycles. The van der Waals surface area contributed by atoms with Crippen molar-refractivity contribution in [2.24, 2.45) is 0 Å². The summed E-state index contributed by atoms with van der Waals surface area (Å²) < 4.78 is 13.4. The van der Waals surface area contributed by atoms with Crippen LogP contribution in [0.1, 0.15) is 26.2 Å². The lowest BCUT2D eigenvalue weighted by atomic mass is 10.0. The smallest absolute Gasteiger partial charge is 0.236 e. The van der Waals surface area contributed by atoms with Crippen molar-refractivity contribution < 1.29 is 9.18 Å². The van der Waals surface area contributed by atoms with Crippen molar-refractivity contribution in [3.8, 4) is 0 Å². The molecule has 2 saturated heterocycles. The molecule has 2 aliphatic rings. The molecule has 0 aliphatic carbocycles. The van der Waals surface area contributed by atoms with Gasteiger partial charge in [0.25, 0.3) is 0 Å². The standard InChI is InChI=1S/C19H26FN5OS/c1-13-19(26)24(12-27-13)8-3-2-4-15-11-21-7-9-25(15)18-16-6-5-14(20)10-17(16)22-23-18/h5-6,10,13,15,21H,2-4,7-9,11-12H2,1H3,(H,22,23). The first kappa shape index (κ1) is 18.6. The van der Waals surface area contributed by atoms with Crippen LogP contribution in [-0.2, 0) is 4.79 Å². The van der Waals surface area contributed by atoms with Crippen LogP contribution in [0.25, 0.3) is 10.9 Å². The van der Waals surface area contributed by atoms with E-state index in [1.807, 2.05) is 11.8 Å². The van der Waals surface area contributed by atoms with Gasteiger partial charge in [-0.3, -0.25) is 9.89 Å². The SMILES string of the molecule is CC1SCN(CCCCC2CNCCN2c2n[nH]c3cc(F)ccc23)C1=O. The second-order valence-electron chi connectivity index (χ2n) is 7.32. The monoisotopic (exact) mass is 391 g/mol. The van der Waals surface area contributed by atoms with Gasteiger partial charge in [0.15, 0.2) is 5.82 Å². The zero-order valence-corrected chi connectivity index (χ0v) is 16.4. The van der Waals surface area contributed by atoms with Gasteiger partial charge in [0, 0.05) is 37.6 Å². The average Bonchev–Trinajstić information content (AvgIpc) is 3.23. The Bertz CT molecular complexity index is 812. The molecule has 1 amide bonds. The van der Waals surface area contributed by atoms with Gasteiger partial charge in [0.05, 0.1) is 16.6 Å². The van der Waals surface area contributed by atoms with Crippen molar-refractivity contribution in [3.05, 3.63) is 24.0 Å². The predicted molar refractivity (Wildman–Crippen MR) is 108 cm³/mol. The molecule has 1 aromatic heterocycles. The summed E-state index contributed by atoms with van der Waals surface area (Å²) in [6.07, 6.45) is 3.14. The number of halogens is 1. The number of thioether (sulfide) groups is 1. The average molecular weight is 392 g/mol. The van der Waals surface area contributed by atoms with E-state index in [4.69, 9.17) is 0 Å². The highest BCUT2D eigenvalue weighted by Crippen LogP contribution is 2.28. The van der Waals surface area contributed by atoms with Crippen molar-refractivity contribution in [2.45, 2.75) is 37.5 Å². The topological polar surface area (TPSA) is 64.3 Å². The zero-order valence-electron chi connectivity index (χ0n) is 15.6. The largest absolute Gasteiger partial charge is 0.349 e. The summed E-state index contributed by atoms with van der Waals surface area (Å²) in [5.41, 5.74) is 0.737. The van der Waals surface area contributed by atoms with Crippen LogP contribution >= 0.6 is 11.8 Å². The van der Waals surface area contributed by atoms with Gasteiger partial charge < -0.3 is 15.1 Å². The number of benzene rings is 1. The molecule has 2 N–H and O–H groups in total. The van der Waals surface area contributed by atoms with E-state index in [0.717, 1.165) is 68.0 Å². The van der Waals surface area contributed by atoms with Gasteiger partial charge in [-0.25, -0.2) is 4.39 Å². The van der Waals surface area contributed by atoms with Crippen LogP contribution in [0.3, 0.4) is 0 Å². The van der Waals surface area contributed by atoms with E-state index >= 15 is 0 Å². The molecule has 0 saturated carbocycles. The van der Waals surface area contributed by atoms with E-state index in [2.05, 4.69) is 20.4 Å². The second-order valence-corrected chi connectivity index (χ2v) is 8.62. The first-order valence-electron chi connectivity index (χ1n) is 9.65. The fraction of sp³-hybridized carbons (Fsp3) is 0.579. The molecule has 2 aliphatic heterocycles. The number of rotatable bonds is 6. The van der Waals surface area contributed by atoms with E-state index < -0.39 is 0 Å². The Balaban J connectivity index is 1.37. The Kier molecular flexibility index (Phi) is 5.54. The number of unbranched alkanes of at least 4 members (excludes halogenated alkanes) is 1. The summed E-state index contributed by atoms with van der Waals surface area (Å²) in [7, 11) is 0. The lowest BCUT2D eigenvalue weighted by molar-refractivity contribution is -0.128. The van der Waals surface area contributed by atoms with Crippen LogP contribution in [0.5, 0.6) is 0 Å². The van der Waals surface area contributed by atoms with Gasteiger partial charge in [-0.05, 0) is 44.4 Å². The third-order valence-corrected chi connectivity index (χ3v) is 6.64. The minimum atomic E-state index is -0.251. The maximum atomic E-state index is 13.4. The molecule has 6 nitrogen and oxygen atoms in total. The molecule has 2 fully saturated rings. The molecule has 1 aromatic carbocycles. The number of carbonyl (C=O) groups is 1. The quantitative estimate of drug-likeness (QED) is 0.741. The summed E-state index contributed by atoms with van der Waals surface area (Å²) in [6, 6.07) is 5.15. The van der Waals surface area contributed by atoms with Crippen molar-refractivity contribution in [1.82, 2.24) is 20.4 Å². The highest BCUT2D eigenvalue weighted by atomic mass is 32.2. The number of amides is 1. The number of piperazine rings is 1. The number of nitrogens with zero attached hydrogens (tertiary/aromatic N) is 3. The van der Waals surface area contributed by atoms with Crippen molar-refractivity contribution in [3.63, 3.8) is 0 Å². The molecule has 4 rings (SSSR count). The van der Waals surface area contributed by atoms with Gasteiger partial charge in [-0.2, -0.15) is 5.10 Å². The Morgan fingerprint density at radius 1 is 1.37 bits per heavy atom. The lowest BCUT2D eigenvalue weighted by Gasteiger charge is -2.37. The Hall–Kier alpha value is -1.80. The number of carbonyl (C=O) groups excluding carboxylic acids is 1. The van der Waals surface area contributed by atoms with Crippen molar-refractivity contribution in [2.75, 3.05) is 37.0 Å². The Morgan fingerprint density at radius 2 is 2.26 bits per heavy atom. The summed E-state index contributed by atoms with van der Waals surface area (Å²) >= 11 is 1.72. The number of H-pyrrole nitrogens is 1. The maximum absolute atomic E-state index is 13.4. The van der Waals surface area contributed by atoms with Crippen LogP contribution in [-0.4, -0.2) is 64.4 Å². The fourth-order valence-corrected chi connectivity index (χ4v) is 4.90. The molecule has 2 atom stereocenters. The van der Waals surface area contributed by atoms with E-state index in [1.165, 1.54) is 12.1 Å². The van der Waals surface area contributed by atoms with Gasteiger partial charge in [0.2, 0.25) is 5.91 Å². The first-order valence-corrected chi connectivity index (χ1v) is 10.7. The molecule has 0 radical (unpaired) electrons. The van der Waals surface area contributed by atoms with Gasteiger partial charge >= 0.3 is 0 Å². The number of nitrogens with one attached hydrogen (secondary N) is 2. The van der Waals surface area contributed by atoms with Crippen LogP contribution in [0.15, 0.2) is 18.2 Å². The number of hydrogen-bond acceptors (Lipinski definition) is 5. The van der Waals surface area contributed by atoms with E-state index in [1.54, 1.807) is 17.8 Å². The molecular weight excluding hydrogens is 365 g/mol. The second kappa shape index (κ2) is 8.06. The minimum Gasteiger partial charge on any atom is -0.349 e. The molecule has 8 heteroatoms. The molecule has 2 unspecified atom stereocenters. The van der Waals surface area contributed by atoms with E-state index in [0.29, 0.717) is 6.04 Å². The number of anilines is 1. The number of aromatic nitrogens is 2. The van der Waals surface area contributed by atoms with Crippen LogP contribution in [0, 0.1) is 5.82 Å². The third kappa shape index (κ3) is 3.91. The molecule has 0 bridgehead atoms. The highest BCUT2D eigenvalue weighted by molar-refractivity contribution is 8.01. The first-order chi connectivity index (χ1) is 13.1. The van der Waals surface area contributed by atoms with Gasteiger partial charge in [-0.15, -0.1) is 11.8 Å². The molecule has 27 heavy (non-hydrogen) atoms. The Labute approximate surface area is 162 Å². The number of hydrogen-bond donors (Lipinski definition) is 2. The van der Waals surface area contributed by atoms with Crippen LogP contribution in [0.2, 0.25) is 0 Å². The van der Waals surface area contributed by atoms with Crippen molar-refractivity contribution >= 4 is 34.4 Å². The van der Waals surface area contributed by atoms with Gasteiger partial charge in [-0.1, -0.05) is 0 Å². The summed E-state index contributed by atoms with van der Waals surface area (Å²) in [6.45, 7) is 5.56. The molecule has 0 spiro atoms. The normalized spacial score (nSPS) is 23.6. The summed E-state index contributed by atoms with van der Waals surface area (Å²) in [5.74, 6) is 1.76. The van der Waals surface area contributed by atoms with Crippen LogP contribution in [0.4, 0.5) is 10.2 Å². The predicted octanol–water partition coefficient (Wildman–Crippen LogP) is 2.57. The number of fused-ring (bicyclic) bond motifs is 1. The van der Waals surface area contributed by atoms with Crippen LogP contribution < -0.4 is 10.2 Å². The maximum Gasteiger partial charge on any atom is 0.236 e. The third-order valence-electron chi connectivity index (χ3n) is 5.48. The van der Waals surface area contributed by atoms with Gasteiger partial charge in [0.1, 0.15) is 5.82 Å². The van der Waals surface area contributed by atoms with E-state index in [9.17, 15) is 9.18 Å². The zero-order chi connectivity index (χ0) is 18.8. The highest BCUT2D eigenvalue weighted by Gasteiger charge is 2.28. The number of aromatic amines is 1.